The Balaban J connectivity index is 1.79. The van der Waals surface area contributed by atoms with Crippen molar-refractivity contribution < 1.29 is 0 Å². The molecule has 6 heteroatoms. The van der Waals surface area contributed by atoms with Crippen molar-refractivity contribution in [3.63, 3.8) is 0 Å². The van der Waals surface area contributed by atoms with Crippen LogP contribution in [0.15, 0.2) is 35.4 Å². The van der Waals surface area contributed by atoms with Crippen LogP contribution in [0.2, 0.25) is 5.02 Å². The zero-order valence-corrected chi connectivity index (χ0v) is 11.7. The molecule has 0 aromatic carbocycles. The van der Waals surface area contributed by atoms with Crippen molar-refractivity contribution in [3.8, 4) is 0 Å². The summed E-state index contributed by atoms with van der Waals surface area (Å²) < 4.78 is 1.49. The monoisotopic (exact) mass is 290 g/mol. The lowest BCUT2D eigenvalue weighted by Gasteiger charge is -2.10. The molecule has 5 nitrogen and oxygen atoms in total. The molecule has 0 aliphatic heterocycles. The molecule has 1 aliphatic rings. The van der Waals surface area contributed by atoms with Gasteiger partial charge in [-0.3, -0.25) is 9.78 Å². The molecule has 20 heavy (non-hydrogen) atoms. The molecule has 0 spiro atoms. The zero-order chi connectivity index (χ0) is 13.9. The topological polar surface area (TPSA) is 59.8 Å². The molecule has 0 saturated heterocycles. The molecule has 1 fully saturated rings. The van der Waals surface area contributed by atoms with Gasteiger partial charge in [-0.2, -0.15) is 5.10 Å². The summed E-state index contributed by atoms with van der Waals surface area (Å²) in [7, 11) is 0. The van der Waals surface area contributed by atoms with Gasteiger partial charge in [0, 0.05) is 12.7 Å². The molecule has 1 aliphatic carbocycles. The molecule has 0 atom stereocenters. The summed E-state index contributed by atoms with van der Waals surface area (Å²) in [6, 6.07) is 5.65. The van der Waals surface area contributed by atoms with Crippen LogP contribution in [0.1, 0.15) is 18.5 Å². The minimum Gasteiger partial charge on any atom is -0.374 e. The average Bonchev–Trinajstić information content (AvgIpc) is 3.27. The molecule has 2 aromatic heterocycles. The number of aromatic nitrogens is 3. The Hall–Kier alpha value is -1.88. The maximum Gasteiger partial charge on any atom is 0.291 e. The normalized spacial score (nSPS) is 14.2. The van der Waals surface area contributed by atoms with Crippen LogP contribution < -0.4 is 10.9 Å². The van der Waals surface area contributed by atoms with E-state index in [-0.39, 0.29) is 5.56 Å². The molecule has 2 aromatic rings. The van der Waals surface area contributed by atoms with Crippen molar-refractivity contribution in [1.82, 2.24) is 14.8 Å². The van der Waals surface area contributed by atoms with Crippen LogP contribution in [-0.4, -0.2) is 14.8 Å². The summed E-state index contributed by atoms with van der Waals surface area (Å²) in [6.45, 7) is 1.14. The van der Waals surface area contributed by atoms with E-state index in [2.05, 4.69) is 15.4 Å². The van der Waals surface area contributed by atoms with Crippen LogP contribution in [-0.2, 0) is 13.1 Å². The van der Waals surface area contributed by atoms with Gasteiger partial charge in [-0.15, -0.1) is 0 Å². The van der Waals surface area contributed by atoms with Crippen molar-refractivity contribution in [2.75, 3.05) is 5.32 Å². The highest BCUT2D eigenvalue weighted by Crippen LogP contribution is 2.30. The number of pyridine rings is 1. The van der Waals surface area contributed by atoms with E-state index in [0.717, 1.165) is 5.69 Å². The first-order chi connectivity index (χ1) is 9.74. The number of halogens is 1. The number of rotatable bonds is 5. The minimum absolute atomic E-state index is 0.166. The van der Waals surface area contributed by atoms with E-state index in [9.17, 15) is 4.79 Å². The number of hydrogen-bond donors (Lipinski definition) is 1. The zero-order valence-electron chi connectivity index (χ0n) is 10.9. The minimum atomic E-state index is -0.166. The van der Waals surface area contributed by atoms with Crippen LogP contribution in [0.5, 0.6) is 0 Å². The van der Waals surface area contributed by atoms with Crippen LogP contribution >= 0.6 is 11.6 Å². The first-order valence-corrected chi connectivity index (χ1v) is 7.01. The van der Waals surface area contributed by atoms with Gasteiger partial charge in [0.15, 0.2) is 0 Å². The molecule has 1 saturated carbocycles. The summed E-state index contributed by atoms with van der Waals surface area (Å²) in [4.78, 5) is 16.5. The van der Waals surface area contributed by atoms with E-state index >= 15 is 0 Å². The predicted octanol–water partition coefficient (Wildman–Crippen LogP) is 2.31. The highest BCUT2D eigenvalue weighted by atomic mass is 35.5. The van der Waals surface area contributed by atoms with Crippen LogP contribution in [0.4, 0.5) is 5.69 Å². The van der Waals surface area contributed by atoms with E-state index in [1.807, 2.05) is 18.2 Å². The Kier molecular flexibility index (Phi) is 3.69. The molecule has 104 valence electrons. The molecule has 2 heterocycles. The first-order valence-electron chi connectivity index (χ1n) is 6.63. The number of nitrogens with one attached hydrogen (secondary N) is 1. The van der Waals surface area contributed by atoms with E-state index in [0.29, 0.717) is 29.7 Å². The Morgan fingerprint density at radius 3 is 2.95 bits per heavy atom. The van der Waals surface area contributed by atoms with Crippen LogP contribution in [0.25, 0.3) is 0 Å². The van der Waals surface area contributed by atoms with Crippen molar-refractivity contribution in [2.24, 2.45) is 5.92 Å². The van der Waals surface area contributed by atoms with Crippen LogP contribution in [0.3, 0.4) is 0 Å². The lowest BCUT2D eigenvalue weighted by atomic mass is 10.3. The number of nitrogens with zero attached hydrogens (tertiary/aromatic N) is 3. The van der Waals surface area contributed by atoms with Gasteiger partial charge < -0.3 is 5.32 Å². The third-order valence-electron chi connectivity index (χ3n) is 3.30. The first kappa shape index (κ1) is 13.1. The molecule has 0 radical (unpaired) electrons. The Bertz CT molecular complexity index is 652. The fourth-order valence-electron chi connectivity index (χ4n) is 1.99. The summed E-state index contributed by atoms with van der Waals surface area (Å²) in [5.41, 5.74) is 1.09. The quantitative estimate of drug-likeness (QED) is 0.918. The van der Waals surface area contributed by atoms with E-state index in [1.54, 1.807) is 6.20 Å². The SMILES string of the molecule is O=c1c(NCc2ccccn2)c(Cl)cnn1CC1CC1. The second-order valence-corrected chi connectivity index (χ2v) is 5.38. The molecule has 0 bridgehead atoms. The maximum absolute atomic E-state index is 12.3. The lowest BCUT2D eigenvalue weighted by molar-refractivity contribution is 0.534. The van der Waals surface area contributed by atoms with Gasteiger partial charge >= 0.3 is 0 Å². The fraction of sp³-hybridized carbons (Fsp3) is 0.357. The second kappa shape index (κ2) is 5.63. The Morgan fingerprint density at radius 2 is 2.25 bits per heavy atom. The van der Waals surface area contributed by atoms with Crippen molar-refractivity contribution in [1.29, 1.82) is 0 Å². The second-order valence-electron chi connectivity index (χ2n) is 4.97. The average molecular weight is 291 g/mol. The molecular weight excluding hydrogens is 276 g/mol. The number of hydrogen-bond acceptors (Lipinski definition) is 4. The predicted molar refractivity (Wildman–Crippen MR) is 77.8 cm³/mol. The third-order valence-corrected chi connectivity index (χ3v) is 3.58. The third kappa shape index (κ3) is 2.99. The van der Waals surface area contributed by atoms with Crippen LogP contribution in [0, 0.1) is 5.92 Å². The maximum atomic E-state index is 12.3. The Labute approximate surface area is 121 Å². The highest BCUT2D eigenvalue weighted by Gasteiger charge is 2.23. The van der Waals surface area contributed by atoms with Gasteiger partial charge in [0.2, 0.25) is 0 Å². The van der Waals surface area contributed by atoms with E-state index in [4.69, 9.17) is 11.6 Å². The van der Waals surface area contributed by atoms with E-state index < -0.39 is 0 Å². The lowest BCUT2D eigenvalue weighted by Crippen LogP contribution is -2.26. The molecule has 0 amide bonds. The van der Waals surface area contributed by atoms with E-state index in [1.165, 1.54) is 23.7 Å². The standard InChI is InChI=1S/C14H15ClN4O/c15-12-8-18-19(9-10-4-5-10)14(20)13(12)17-7-11-3-1-2-6-16-11/h1-3,6,8,10,17H,4-5,7,9H2. The molecular formula is C14H15ClN4O. The summed E-state index contributed by atoms with van der Waals surface area (Å²) in [6.07, 6.45) is 5.59. The fourth-order valence-corrected chi connectivity index (χ4v) is 2.18. The van der Waals surface area contributed by atoms with Gasteiger partial charge in [0.25, 0.3) is 5.56 Å². The van der Waals surface area contributed by atoms with Crippen molar-refractivity contribution in [2.45, 2.75) is 25.9 Å². The Morgan fingerprint density at radius 1 is 1.40 bits per heavy atom. The molecule has 3 rings (SSSR count). The smallest absolute Gasteiger partial charge is 0.291 e. The molecule has 0 unspecified atom stereocenters. The van der Waals surface area contributed by atoms with Gasteiger partial charge in [0.05, 0.1) is 23.5 Å². The number of anilines is 1. The largest absolute Gasteiger partial charge is 0.374 e. The molecule has 1 N–H and O–H groups in total. The van der Waals surface area contributed by atoms with Gasteiger partial charge in [-0.05, 0) is 30.9 Å². The highest BCUT2D eigenvalue weighted by molar-refractivity contribution is 6.32. The van der Waals surface area contributed by atoms with Gasteiger partial charge in [-0.25, -0.2) is 4.68 Å². The van der Waals surface area contributed by atoms with Gasteiger partial charge in [0.1, 0.15) is 5.69 Å². The van der Waals surface area contributed by atoms with Crippen molar-refractivity contribution in [3.05, 3.63) is 51.7 Å². The van der Waals surface area contributed by atoms with Gasteiger partial charge in [-0.1, -0.05) is 17.7 Å². The summed E-state index contributed by atoms with van der Waals surface area (Å²) in [5, 5.41) is 7.50. The van der Waals surface area contributed by atoms with Crippen molar-refractivity contribution >= 4 is 17.3 Å². The summed E-state index contributed by atoms with van der Waals surface area (Å²) >= 11 is 6.06. The summed E-state index contributed by atoms with van der Waals surface area (Å²) in [5.74, 6) is 0.588.